The molecule has 37 heavy (non-hydrogen) atoms. The number of benzene rings is 2. The van der Waals surface area contributed by atoms with Crippen LogP contribution >= 0.6 is 0 Å². The van der Waals surface area contributed by atoms with Crippen LogP contribution in [-0.4, -0.2) is 34.5 Å². The molecule has 0 aliphatic heterocycles. The van der Waals surface area contributed by atoms with Crippen molar-refractivity contribution in [1.82, 2.24) is 5.43 Å². The monoisotopic (exact) mass is 511 g/mol. The van der Waals surface area contributed by atoms with E-state index in [4.69, 9.17) is 19.7 Å². The number of nitro groups is 1. The van der Waals surface area contributed by atoms with E-state index < -0.39 is 45.3 Å². The average molecular weight is 511 g/mol. The van der Waals surface area contributed by atoms with E-state index in [-0.39, 0.29) is 5.76 Å². The second kappa shape index (κ2) is 12.3. The van der Waals surface area contributed by atoms with Gasteiger partial charge >= 0.3 is 17.6 Å². The van der Waals surface area contributed by atoms with Crippen LogP contribution in [0.2, 0.25) is 0 Å². The first-order chi connectivity index (χ1) is 17.8. The van der Waals surface area contributed by atoms with Crippen LogP contribution in [0.1, 0.15) is 63.9 Å². The summed E-state index contributed by atoms with van der Waals surface area (Å²) in [4.78, 5) is 48.0. The predicted molar refractivity (Wildman–Crippen MR) is 130 cm³/mol. The van der Waals surface area contributed by atoms with Gasteiger partial charge in [0, 0.05) is 5.56 Å². The third-order valence-corrected chi connectivity index (χ3v) is 5.36. The molecule has 2 aromatic carbocycles. The number of nitrogen functional groups attached to an aromatic ring is 1. The van der Waals surface area contributed by atoms with E-state index in [0.717, 1.165) is 37.8 Å². The Labute approximate surface area is 211 Å². The number of carbonyl (C=O) groups excluding carboxylic acids is 3. The lowest BCUT2D eigenvalue weighted by Gasteiger charge is -2.10. The van der Waals surface area contributed by atoms with Gasteiger partial charge in [-0.2, -0.15) is 0 Å². The third kappa shape index (κ3) is 6.30. The van der Waals surface area contributed by atoms with Gasteiger partial charge in [-0.3, -0.25) is 20.3 Å². The van der Waals surface area contributed by atoms with Gasteiger partial charge in [-0.05, 0) is 42.3 Å². The maximum Gasteiger partial charge on any atom is 0.382 e. The molecule has 0 fully saturated rings. The zero-order valence-electron chi connectivity index (χ0n) is 19.9. The molecule has 3 rings (SSSR count). The molecule has 0 unspecified atom stereocenters. The highest BCUT2D eigenvalue weighted by molar-refractivity contribution is 6.12. The molecular formula is C25H25N3O9. The molecule has 1 aromatic heterocycles. The number of esters is 2. The number of nitrogens with two attached hydrogens (primary N) is 1. The van der Waals surface area contributed by atoms with Gasteiger partial charge in [0.2, 0.25) is 5.76 Å². The number of nitrogens with zero attached hydrogens (tertiary/aromatic N) is 1. The largest absolute Gasteiger partial charge is 0.502 e. The van der Waals surface area contributed by atoms with Gasteiger partial charge in [0.25, 0.3) is 5.91 Å². The molecule has 12 nitrogen and oxygen atoms in total. The standard InChI is InChI=1S/C25H25N3O9/c1-2-3-4-5-12-35-16-8-6-7-15(14-16)17-11-13-36-22(17)25(32)37-24(31)18-9-10-19(29)21(28(33)34)20(18)23(30)27-26/h6-11,13-14,29H,2-5,12,26H2,1H3,(H,27,30). The topological polar surface area (TPSA) is 184 Å². The predicted octanol–water partition coefficient (Wildman–Crippen LogP) is 4.12. The van der Waals surface area contributed by atoms with Crippen LogP contribution in [0.5, 0.6) is 11.5 Å². The molecule has 0 bridgehead atoms. The number of ether oxygens (including phenoxy) is 2. The van der Waals surface area contributed by atoms with Gasteiger partial charge in [-0.15, -0.1) is 0 Å². The van der Waals surface area contributed by atoms with Gasteiger partial charge in [0.05, 0.1) is 23.4 Å². The van der Waals surface area contributed by atoms with Crippen molar-refractivity contribution >= 4 is 23.5 Å². The Kier molecular flexibility index (Phi) is 8.95. The lowest BCUT2D eigenvalue weighted by Crippen LogP contribution is -2.32. The Hall–Kier alpha value is -4.71. The van der Waals surface area contributed by atoms with Gasteiger partial charge in [-0.1, -0.05) is 38.3 Å². The molecule has 3 aromatic rings. The van der Waals surface area contributed by atoms with E-state index in [1.54, 1.807) is 29.7 Å². The minimum absolute atomic E-state index is 0.311. The van der Waals surface area contributed by atoms with Crippen molar-refractivity contribution in [1.29, 1.82) is 0 Å². The number of phenolic OH excluding ortho intramolecular Hbond substituents is 1. The second-order valence-electron chi connectivity index (χ2n) is 7.86. The van der Waals surface area contributed by atoms with E-state index in [1.165, 1.54) is 12.3 Å². The van der Waals surface area contributed by atoms with Crippen molar-refractivity contribution < 1.29 is 38.3 Å². The SMILES string of the molecule is CCCCCCOc1cccc(-c2ccoc2C(=O)OC(=O)c2ccc(O)c([N+](=O)[O-])c2C(=O)NN)c1. The normalized spacial score (nSPS) is 10.5. The van der Waals surface area contributed by atoms with E-state index in [1.807, 2.05) is 0 Å². The molecule has 0 spiro atoms. The van der Waals surface area contributed by atoms with Crippen LogP contribution in [0.25, 0.3) is 11.1 Å². The smallest absolute Gasteiger partial charge is 0.382 e. The van der Waals surface area contributed by atoms with Crippen molar-refractivity contribution in [2.75, 3.05) is 6.61 Å². The number of nitrogens with one attached hydrogen (secondary N) is 1. The summed E-state index contributed by atoms with van der Waals surface area (Å²) in [5, 5.41) is 21.2. The maximum atomic E-state index is 12.8. The molecule has 0 atom stereocenters. The molecule has 0 saturated heterocycles. The van der Waals surface area contributed by atoms with Crippen molar-refractivity contribution in [3.05, 3.63) is 75.7 Å². The Balaban J connectivity index is 1.83. The summed E-state index contributed by atoms with van der Waals surface area (Å²) in [7, 11) is 0. The number of hydrogen-bond acceptors (Lipinski definition) is 10. The number of unbranched alkanes of at least 4 members (excludes halogenated alkanes) is 3. The van der Waals surface area contributed by atoms with Crippen molar-refractivity contribution in [3.63, 3.8) is 0 Å². The van der Waals surface area contributed by atoms with Gasteiger partial charge in [0.1, 0.15) is 11.3 Å². The molecule has 0 aliphatic carbocycles. The Morgan fingerprint density at radius 1 is 1.11 bits per heavy atom. The Bertz CT molecular complexity index is 1320. The fourth-order valence-electron chi connectivity index (χ4n) is 3.59. The van der Waals surface area contributed by atoms with Crippen LogP contribution in [0.4, 0.5) is 5.69 Å². The summed E-state index contributed by atoms with van der Waals surface area (Å²) in [5.41, 5.74) is -0.0692. The van der Waals surface area contributed by atoms with Crippen LogP contribution < -0.4 is 16.0 Å². The van der Waals surface area contributed by atoms with Crippen molar-refractivity contribution in [2.45, 2.75) is 32.6 Å². The summed E-state index contributed by atoms with van der Waals surface area (Å²) < 4.78 is 15.9. The zero-order chi connectivity index (χ0) is 26.9. The molecule has 0 saturated carbocycles. The first-order valence-electron chi connectivity index (χ1n) is 11.4. The summed E-state index contributed by atoms with van der Waals surface area (Å²) in [5.74, 6) is 0.621. The summed E-state index contributed by atoms with van der Waals surface area (Å²) >= 11 is 0. The van der Waals surface area contributed by atoms with E-state index in [0.29, 0.717) is 23.5 Å². The highest BCUT2D eigenvalue weighted by Crippen LogP contribution is 2.33. The number of carbonyl (C=O) groups is 3. The molecule has 0 aliphatic rings. The first kappa shape index (κ1) is 26.9. The number of nitro benzene ring substituents is 1. The Morgan fingerprint density at radius 3 is 2.59 bits per heavy atom. The fraction of sp³-hybridized carbons (Fsp3) is 0.240. The number of rotatable bonds is 11. The van der Waals surface area contributed by atoms with E-state index in [9.17, 15) is 29.6 Å². The molecule has 1 amide bonds. The van der Waals surface area contributed by atoms with E-state index in [2.05, 4.69) is 6.92 Å². The zero-order valence-corrected chi connectivity index (χ0v) is 19.9. The molecule has 4 N–H and O–H groups in total. The van der Waals surface area contributed by atoms with Crippen molar-refractivity contribution in [3.8, 4) is 22.6 Å². The summed E-state index contributed by atoms with van der Waals surface area (Å²) in [6, 6.07) is 10.1. The Morgan fingerprint density at radius 2 is 1.89 bits per heavy atom. The number of hydrazine groups is 1. The number of phenols is 1. The van der Waals surface area contributed by atoms with Crippen molar-refractivity contribution in [2.24, 2.45) is 5.84 Å². The molecule has 194 valence electrons. The molecule has 0 radical (unpaired) electrons. The summed E-state index contributed by atoms with van der Waals surface area (Å²) in [6.07, 6.45) is 5.43. The average Bonchev–Trinajstić information content (AvgIpc) is 3.38. The fourth-order valence-corrected chi connectivity index (χ4v) is 3.59. The third-order valence-electron chi connectivity index (χ3n) is 5.36. The molecule has 12 heteroatoms. The van der Waals surface area contributed by atoms with E-state index >= 15 is 0 Å². The van der Waals surface area contributed by atoms with Crippen LogP contribution in [0.15, 0.2) is 53.1 Å². The summed E-state index contributed by atoms with van der Waals surface area (Å²) in [6.45, 7) is 2.66. The first-order valence-corrected chi connectivity index (χ1v) is 11.4. The molecular weight excluding hydrogens is 486 g/mol. The lowest BCUT2D eigenvalue weighted by atomic mass is 10.0. The van der Waals surface area contributed by atoms with Gasteiger partial charge in [0.15, 0.2) is 5.75 Å². The van der Waals surface area contributed by atoms with Gasteiger partial charge in [-0.25, -0.2) is 15.4 Å². The number of furan rings is 1. The second-order valence-corrected chi connectivity index (χ2v) is 7.86. The lowest BCUT2D eigenvalue weighted by molar-refractivity contribution is -0.386. The highest BCUT2D eigenvalue weighted by Gasteiger charge is 2.33. The number of aromatic hydroxyl groups is 1. The number of amides is 1. The molecule has 1 heterocycles. The van der Waals surface area contributed by atoms with Crippen LogP contribution in [-0.2, 0) is 4.74 Å². The minimum atomic E-state index is -1.39. The number of hydrogen-bond donors (Lipinski definition) is 3. The maximum absolute atomic E-state index is 12.8. The van der Waals surface area contributed by atoms with Gasteiger partial charge < -0.3 is 19.0 Å². The highest BCUT2D eigenvalue weighted by atomic mass is 16.6. The van der Waals surface area contributed by atoms with Crippen LogP contribution in [0, 0.1) is 10.1 Å². The quantitative estimate of drug-likeness (QED) is 0.0643. The minimum Gasteiger partial charge on any atom is -0.502 e. The van der Waals surface area contributed by atoms with Crippen LogP contribution in [0.3, 0.4) is 0 Å².